The molecule has 0 radical (unpaired) electrons. The lowest BCUT2D eigenvalue weighted by Crippen LogP contribution is -2.35. The van der Waals surface area contributed by atoms with Gasteiger partial charge in [-0.05, 0) is 25.8 Å². The van der Waals surface area contributed by atoms with Gasteiger partial charge in [-0.15, -0.1) is 0 Å². The average molecular weight is 264 g/mol. The molecule has 1 unspecified atom stereocenters. The molecule has 19 heavy (non-hydrogen) atoms. The summed E-state index contributed by atoms with van der Waals surface area (Å²) < 4.78 is 0. The van der Waals surface area contributed by atoms with Crippen molar-refractivity contribution in [2.75, 3.05) is 11.4 Å². The van der Waals surface area contributed by atoms with Crippen LogP contribution in [0.1, 0.15) is 45.6 Å². The van der Waals surface area contributed by atoms with E-state index in [-0.39, 0.29) is 5.84 Å². The zero-order valence-corrected chi connectivity index (χ0v) is 12.0. The van der Waals surface area contributed by atoms with Gasteiger partial charge < -0.3 is 15.8 Å². The second-order valence-electron chi connectivity index (χ2n) is 4.68. The molecule has 0 amide bonds. The normalized spacial score (nSPS) is 13.3. The molecule has 5 heteroatoms. The predicted molar refractivity (Wildman–Crippen MR) is 78.8 cm³/mol. The molecular formula is C14H24N4O. The number of rotatable bonds is 7. The first-order valence-electron chi connectivity index (χ1n) is 6.84. The zero-order valence-electron chi connectivity index (χ0n) is 12.0. The zero-order chi connectivity index (χ0) is 14.3. The van der Waals surface area contributed by atoms with Gasteiger partial charge in [-0.3, -0.25) is 4.98 Å². The quantitative estimate of drug-likeness (QED) is 0.343. The summed E-state index contributed by atoms with van der Waals surface area (Å²) in [6.45, 7) is 7.45. The van der Waals surface area contributed by atoms with Crippen LogP contribution >= 0.6 is 0 Å². The maximum Gasteiger partial charge on any atom is 0.172 e. The molecule has 1 heterocycles. The molecule has 0 aliphatic rings. The van der Waals surface area contributed by atoms with E-state index in [1.54, 1.807) is 18.5 Å². The van der Waals surface area contributed by atoms with E-state index in [1.165, 1.54) is 0 Å². The summed E-state index contributed by atoms with van der Waals surface area (Å²) in [6.07, 6.45) is 6.72. The second kappa shape index (κ2) is 7.61. The first-order valence-corrected chi connectivity index (χ1v) is 6.84. The number of hydrogen-bond donors (Lipinski definition) is 2. The minimum atomic E-state index is 0.127. The van der Waals surface area contributed by atoms with E-state index >= 15 is 0 Å². The van der Waals surface area contributed by atoms with Crippen LogP contribution in [0, 0.1) is 0 Å². The average Bonchev–Trinajstić information content (AvgIpc) is 2.46. The molecule has 1 rings (SSSR count). The van der Waals surface area contributed by atoms with Crippen molar-refractivity contribution in [2.24, 2.45) is 10.9 Å². The maximum absolute atomic E-state index is 8.89. The van der Waals surface area contributed by atoms with Gasteiger partial charge in [-0.25, -0.2) is 0 Å². The fraction of sp³-hybridized carbons (Fsp3) is 0.571. The van der Waals surface area contributed by atoms with E-state index in [0.29, 0.717) is 6.04 Å². The largest absolute Gasteiger partial charge is 0.409 e. The van der Waals surface area contributed by atoms with E-state index in [1.807, 2.05) is 0 Å². The Kier molecular flexibility index (Phi) is 6.12. The molecule has 3 N–H and O–H groups in total. The van der Waals surface area contributed by atoms with Crippen molar-refractivity contribution in [3.63, 3.8) is 0 Å². The van der Waals surface area contributed by atoms with Crippen LogP contribution in [0.4, 0.5) is 5.69 Å². The molecule has 1 aromatic heterocycles. The van der Waals surface area contributed by atoms with E-state index in [0.717, 1.165) is 37.1 Å². The van der Waals surface area contributed by atoms with Gasteiger partial charge in [0.1, 0.15) is 0 Å². The second-order valence-corrected chi connectivity index (χ2v) is 4.68. The molecule has 5 nitrogen and oxygen atoms in total. The fourth-order valence-electron chi connectivity index (χ4n) is 2.01. The Hall–Kier alpha value is -1.78. The van der Waals surface area contributed by atoms with Gasteiger partial charge >= 0.3 is 0 Å². The molecule has 0 aliphatic heterocycles. The highest BCUT2D eigenvalue weighted by atomic mass is 16.4. The number of unbranched alkanes of at least 4 members (excludes halogenated alkanes) is 1. The Morgan fingerprint density at radius 1 is 1.53 bits per heavy atom. The van der Waals surface area contributed by atoms with Gasteiger partial charge in [0.2, 0.25) is 0 Å². The topological polar surface area (TPSA) is 74.7 Å². The Balaban J connectivity index is 3.14. The molecule has 0 fully saturated rings. The Morgan fingerprint density at radius 3 is 2.84 bits per heavy atom. The van der Waals surface area contributed by atoms with Gasteiger partial charge in [0.25, 0.3) is 0 Å². The molecule has 0 bridgehead atoms. The molecule has 1 aromatic rings. The molecular weight excluding hydrogens is 240 g/mol. The molecule has 0 saturated heterocycles. The van der Waals surface area contributed by atoms with Crippen molar-refractivity contribution in [3.05, 3.63) is 24.0 Å². The van der Waals surface area contributed by atoms with E-state index in [2.05, 4.69) is 35.8 Å². The highest BCUT2D eigenvalue weighted by Gasteiger charge is 2.17. The molecule has 0 spiro atoms. The summed E-state index contributed by atoms with van der Waals surface area (Å²) in [5, 5.41) is 12.0. The number of nitrogens with zero attached hydrogens (tertiary/aromatic N) is 3. The summed E-state index contributed by atoms with van der Waals surface area (Å²) in [5.74, 6) is 0.127. The molecule has 1 atom stereocenters. The standard InChI is InChI=1S/C14H24N4O/c1-4-6-9-18(11(3)5-2)13-10-16-8-7-12(13)14(15)17-19/h7-8,10-11,19H,4-6,9H2,1-3H3,(H2,15,17). The lowest BCUT2D eigenvalue weighted by Gasteiger charge is -2.32. The van der Waals surface area contributed by atoms with Crippen LogP contribution < -0.4 is 10.6 Å². The smallest absolute Gasteiger partial charge is 0.172 e. The Labute approximate surface area is 115 Å². The van der Waals surface area contributed by atoms with Gasteiger partial charge in [-0.1, -0.05) is 25.4 Å². The third-order valence-electron chi connectivity index (χ3n) is 3.37. The van der Waals surface area contributed by atoms with Crippen molar-refractivity contribution in [1.82, 2.24) is 4.98 Å². The van der Waals surface area contributed by atoms with Crippen molar-refractivity contribution in [1.29, 1.82) is 0 Å². The van der Waals surface area contributed by atoms with Crippen LogP contribution in [0.15, 0.2) is 23.6 Å². The van der Waals surface area contributed by atoms with E-state index < -0.39 is 0 Å². The number of oxime groups is 1. The lowest BCUT2D eigenvalue weighted by molar-refractivity contribution is 0.318. The van der Waals surface area contributed by atoms with Gasteiger partial charge in [0.15, 0.2) is 5.84 Å². The van der Waals surface area contributed by atoms with Crippen molar-refractivity contribution < 1.29 is 5.21 Å². The van der Waals surface area contributed by atoms with Crippen LogP contribution in [0.5, 0.6) is 0 Å². The van der Waals surface area contributed by atoms with Crippen molar-refractivity contribution in [2.45, 2.75) is 46.1 Å². The predicted octanol–water partition coefficient (Wildman–Crippen LogP) is 2.58. The molecule has 106 valence electrons. The van der Waals surface area contributed by atoms with E-state index in [4.69, 9.17) is 10.9 Å². The van der Waals surface area contributed by atoms with Crippen molar-refractivity contribution in [3.8, 4) is 0 Å². The number of anilines is 1. The molecule has 0 aromatic carbocycles. The first kappa shape index (κ1) is 15.3. The number of hydrogen-bond acceptors (Lipinski definition) is 4. The number of amidine groups is 1. The van der Waals surface area contributed by atoms with Crippen LogP contribution in [0.3, 0.4) is 0 Å². The summed E-state index contributed by atoms with van der Waals surface area (Å²) >= 11 is 0. The molecule has 0 saturated carbocycles. The SMILES string of the molecule is CCCCN(c1cnccc1/C(N)=N/O)C(C)CC. The maximum atomic E-state index is 8.89. The van der Waals surface area contributed by atoms with Gasteiger partial charge in [0.05, 0.1) is 11.9 Å². The van der Waals surface area contributed by atoms with Crippen molar-refractivity contribution >= 4 is 11.5 Å². The lowest BCUT2D eigenvalue weighted by atomic mass is 10.1. The Bertz CT molecular complexity index is 420. The van der Waals surface area contributed by atoms with Crippen LogP contribution in [-0.4, -0.2) is 28.6 Å². The number of aromatic nitrogens is 1. The highest BCUT2D eigenvalue weighted by Crippen LogP contribution is 2.23. The minimum absolute atomic E-state index is 0.127. The Morgan fingerprint density at radius 2 is 2.26 bits per heavy atom. The minimum Gasteiger partial charge on any atom is -0.409 e. The summed E-state index contributed by atoms with van der Waals surface area (Å²) in [6, 6.07) is 2.17. The van der Waals surface area contributed by atoms with E-state index in [9.17, 15) is 0 Å². The highest BCUT2D eigenvalue weighted by molar-refractivity contribution is 6.02. The van der Waals surface area contributed by atoms with Crippen LogP contribution in [0.25, 0.3) is 0 Å². The summed E-state index contributed by atoms with van der Waals surface area (Å²) in [5.41, 5.74) is 7.41. The number of pyridine rings is 1. The summed E-state index contributed by atoms with van der Waals surface area (Å²) in [7, 11) is 0. The van der Waals surface area contributed by atoms with Gasteiger partial charge in [-0.2, -0.15) is 0 Å². The summed E-state index contributed by atoms with van der Waals surface area (Å²) in [4.78, 5) is 6.46. The monoisotopic (exact) mass is 264 g/mol. The molecule has 0 aliphatic carbocycles. The number of nitrogens with two attached hydrogens (primary N) is 1. The fourth-order valence-corrected chi connectivity index (χ4v) is 2.01. The van der Waals surface area contributed by atoms with Gasteiger partial charge in [0, 0.05) is 24.3 Å². The van der Waals surface area contributed by atoms with Crippen LogP contribution in [0.2, 0.25) is 0 Å². The van der Waals surface area contributed by atoms with Crippen LogP contribution in [-0.2, 0) is 0 Å². The third-order valence-corrected chi connectivity index (χ3v) is 3.37. The first-order chi connectivity index (χ1) is 9.15. The third kappa shape index (κ3) is 3.84.